The van der Waals surface area contributed by atoms with Crippen LogP contribution in [-0.2, 0) is 22.3 Å². The third kappa shape index (κ3) is 8.14. The number of nitrogens with zero attached hydrogens (tertiary/aromatic N) is 5. The highest BCUT2D eigenvalue weighted by molar-refractivity contribution is 5.90. The van der Waals surface area contributed by atoms with Crippen molar-refractivity contribution < 1.29 is 32.2 Å². The Morgan fingerprint density at radius 2 is 1.94 bits per heavy atom. The molecule has 0 aliphatic carbocycles. The Labute approximate surface area is 204 Å². The molecule has 3 rings (SSSR count). The van der Waals surface area contributed by atoms with Gasteiger partial charge in [-0.25, -0.2) is 9.97 Å². The molecular weight excluding hydrogens is 483 g/mol. The molecule has 0 fully saturated rings. The number of carbonyl (C=O) groups excluding carboxylic acids is 2. The summed E-state index contributed by atoms with van der Waals surface area (Å²) >= 11 is 0. The van der Waals surface area contributed by atoms with E-state index in [1.807, 2.05) is 0 Å². The van der Waals surface area contributed by atoms with Crippen molar-refractivity contribution in [2.75, 3.05) is 37.9 Å². The number of rotatable bonds is 11. The molecule has 14 heteroatoms. The first-order valence-electron chi connectivity index (χ1n) is 10.7. The smallest absolute Gasteiger partial charge is 0.417 e. The van der Waals surface area contributed by atoms with E-state index in [0.717, 1.165) is 12.1 Å². The molecule has 0 aromatic carbocycles. The monoisotopic (exact) mass is 507 g/mol. The molecule has 0 saturated carbocycles. The number of anilines is 2. The second kappa shape index (κ2) is 11.9. The summed E-state index contributed by atoms with van der Waals surface area (Å²) in [5, 5.41) is 6.72. The number of pyridine rings is 2. The molecule has 3 N–H and O–H groups in total. The number of nitrogen functional groups attached to an aromatic ring is 1. The molecule has 0 saturated heterocycles. The normalized spacial score (nSPS) is 11.1. The lowest BCUT2D eigenvalue weighted by molar-refractivity contribution is -0.138. The van der Waals surface area contributed by atoms with Gasteiger partial charge in [-0.2, -0.15) is 18.3 Å². The Hall–Kier alpha value is -4.36. The van der Waals surface area contributed by atoms with Crippen LogP contribution in [0, 0.1) is 0 Å². The van der Waals surface area contributed by atoms with Gasteiger partial charge in [0.2, 0.25) is 17.7 Å². The summed E-state index contributed by atoms with van der Waals surface area (Å²) in [7, 11) is 1.55. The van der Waals surface area contributed by atoms with Crippen molar-refractivity contribution in [3.05, 3.63) is 54.6 Å². The SMILES string of the molecule is CN(CCOc1ccc(C(F)(F)F)cn1)C(=O)Cn1cc(NC(=O)CCOc2ccnc(N)c2)cn1. The van der Waals surface area contributed by atoms with Crippen LogP contribution in [0.4, 0.5) is 24.7 Å². The average Bonchev–Trinajstić information content (AvgIpc) is 3.25. The van der Waals surface area contributed by atoms with Crippen LogP contribution in [0.2, 0.25) is 0 Å². The summed E-state index contributed by atoms with van der Waals surface area (Å²) in [6, 6.07) is 5.17. The number of amides is 2. The third-order valence-electron chi connectivity index (χ3n) is 4.73. The summed E-state index contributed by atoms with van der Waals surface area (Å²) < 4.78 is 49.8. The molecule has 0 unspecified atom stereocenters. The van der Waals surface area contributed by atoms with Crippen LogP contribution < -0.4 is 20.5 Å². The summed E-state index contributed by atoms with van der Waals surface area (Å²) in [6.07, 6.45) is 0.718. The molecule has 2 amide bonds. The fourth-order valence-electron chi connectivity index (χ4n) is 2.82. The first-order chi connectivity index (χ1) is 17.1. The van der Waals surface area contributed by atoms with E-state index >= 15 is 0 Å². The van der Waals surface area contributed by atoms with E-state index in [-0.39, 0.29) is 50.4 Å². The van der Waals surface area contributed by atoms with Gasteiger partial charge in [0.25, 0.3) is 0 Å². The van der Waals surface area contributed by atoms with E-state index in [9.17, 15) is 22.8 Å². The van der Waals surface area contributed by atoms with Crippen LogP contribution >= 0.6 is 0 Å². The van der Waals surface area contributed by atoms with E-state index in [4.69, 9.17) is 15.2 Å². The number of ether oxygens (including phenoxy) is 2. The molecule has 0 atom stereocenters. The van der Waals surface area contributed by atoms with Crippen LogP contribution in [0.5, 0.6) is 11.6 Å². The fourth-order valence-corrected chi connectivity index (χ4v) is 2.82. The summed E-state index contributed by atoms with van der Waals surface area (Å²) in [5.74, 6) is 0.255. The standard InChI is InChI=1S/C22H24F3N7O4/c1-31(7-9-36-20-3-2-15(11-28-20)22(23,24)25)21(34)14-32-13-16(12-29-32)30-19(33)5-8-35-17-4-6-27-18(26)10-17/h2-4,6,10-13H,5,7-9,14H2,1H3,(H2,26,27)(H,30,33). The number of hydrogen-bond donors (Lipinski definition) is 2. The van der Waals surface area contributed by atoms with Gasteiger partial charge in [-0.3, -0.25) is 14.3 Å². The Bertz CT molecular complexity index is 1170. The van der Waals surface area contributed by atoms with Crippen molar-refractivity contribution in [2.45, 2.75) is 19.1 Å². The van der Waals surface area contributed by atoms with Gasteiger partial charge in [0.05, 0.1) is 37.0 Å². The van der Waals surface area contributed by atoms with Crippen LogP contribution in [0.15, 0.2) is 49.1 Å². The zero-order valence-corrected chi connectivity index (χ0v) is 19.2. The van der Waals surface area contributed by atoms with Crippen LogP contribution in [0.1, 0.15) is 12.0 Å². The van der Waals surface area contributed by atoms with Crippen molar-refractivity contribution in [3.63, 3.8) is 0 Å². The molecule has 3 aromatic rings. The van der Waals surface area contributed by atoms with Gasteiger partial charge in [0, 0.05) is 37.8 Å². The minimum absolute atomic E-state index is 0.0200. The number of nitrogens with two attached hydrogens (primary N) is 1. The number of aromatic nitrogens is 4. The molecule has 0 aliphatic rings. The molecular formula is C22H24F3N7O4. The van der Waals surface area contributed by atoms with Crippen molar-refractivity contribution in [1.29, 1.82) is 0 Å². The number of hydrogen-bond acceptors (Lipinski definition) is 8. The van der Waals surface area contributed by atoms with Gasteiger partial charge < -0.3 is 25.4 Å². The molecule has 3 heterocycles. The Morgan fingerprint density at radius 1 is 1.14 bits per heavy atom. The predicted octanol–water partition coefficient (Wildman–Crippen LogP) is 2.22. The minimum atomic E-state index is -4.47. The quantitative estimate of drug-likeness (QED) is 0.403. The van der Waals surface area contributed by atoms with E-state index in [0.29, 0.717) is 23.5 Å². The number of carbonyl (C=O) groups is 2. The molecule has 36 heavy (non-hydrogen) atoms. The number of alkyl halides is 3. The highest BCUT2D eigenvalue weighted by atomic mass is 19.4. The lowest BCUT2D eigenvalue weighted by Gasteiger charge is -2.17. The average molecular weight is 507 g/mol. The Balaban J connectivity index is 1.36. The Morgan fingerprint density at radius 3 is 2.64 bits per heavy atom. The van der Waals surface area contributed by atoms with E-state index in [1.165, 1.54) is 28.2 Å². The second-order valence-corrected chi connectivity index (χ2v) is 7.54. The van der Waals surface area contributed by atoms with E-state index in [1.54, 1.807) is 19.2 Å². The summed E-state index contributed by atoms with van der Waals surface area (Å²) in [5.41, 5.74) is 5.11. The molecule has 0 spiro atoms. The molecule has 3 aromatic heterocycles. The van der Waals surface area contributed by atoms with Gasteiger partial charge in [0.15, 0.2) is 0 Å². The lowest BCUT2D eigenvalue weighted by atomic mass is 10.3. The fraction of sp³-hybridized carbons (Fsp3) is 0.318. The molecule has 0 radical (unpaired) electrons. The maximum atomic E-state index is 12.6. The number of likely N-dealkylation sites (N-methyl/N-ethyl adjacent to an activating group) is 1. The molecule has 11 nitrogen and oxygen atoms in total. The van der Waals surface area contributed by atoms with Crippen molar-refractivity contribution in [1.82, 2.24) is 24.6 Å². The largest absolute Gasteiger partial charge is 0.493 e. The van der Waals surface area contributed by atoms with E-state index < -0.39 is 11.7 Å². The van der Waals surface area contributed by atoms with Gasteiger partial charge in [0.1, 0.15) is 24.7 Å². The minimum Gasteiger partial charge on any atom is -0.493 e. The van der Waals surface area contributed by atoms with Gasteiger partial charge in [-0.15, -0.1) is 0 Å². The zero-order chi connectivity index (χ0) is 26.1. The number of halogens is 3. The van der Waals surface area contributed by atoms with Crippen molar-refractivity contribution >= 4 is 23.3 Å². The third-order valence-corrected chi connectivity index (χ3v) is 4.73. The summed E-state index contributed by atoms with van der Waals surface area (Å²) in [4.78, 5) is 33.3. The topological polar surface area (TPSA) is 137 Å². The van der Waals surface area contributed by atoms with Crippen LogP contribution in [0.3, 0.4) is 0 Å². The molecule has 0 aliphatic heterocycles. The predicted molar refractivity (Wildman–Crippen MR) is 122 cm³/mol. The van der Waals surface area contributed by atoms with Gasteiger partial charge in [-0.1, -0.05) is 0 Å². The maximum absolute atomic E-state index is 12.6. The van der Waals surface area contributed by atoms with Crippen LogP contribution in [-0.4, -0.2) is 63.3 Å². The number of nitrogens with one attached hydrogen (secondary N) is 1. The van der Waals surface area contributed by atoms with Crippen molar-refractivity contribution in [3.8, 4) is 11.6 Å². The summed E-state index contributed by atoms with van der Waals surface area (Å²) in [6.45, 7) is 0.263. The van der Waals surface area contributed by atoms with Crippen molar-refractivity contribution in [2.24, 2.45) is 0 Å². The lowest BCUT2D eigenvalue weighted by Crippen LogP contribution is -2.33. The van der Waals surface area contributed by atoms with Gasteiger partial charge >= 0.3 is 6.18 Å². The molecule has 192 valence electrons. The highest BCUT2D eigenvalue weighted by Crippen LogP contribution is 2.29. The van der Waals surface area contributed by atoms with E-state index in [2.05, 4.69) is 20.4 Å². The Kier molecular flexibility index (Phi) is 8.65. The first kappa shape index (κ1) is 26.2. The molecule has 0 bridgehead atoms. The zero-order valence-electron chi connectivity index (χ0n) is 19.2. The van der Waals surface area contributed by atoms with Crippen LogP contribution in [0.25, 0.3) is 0 Å². The first-order valence-corrected chi connectivity index (χ1v) is 10.7. The maximum Gasteiger partial charge on any atom is 0.417 e. The second-order valence-electron chi connectivity index (χ2n) is 7.54. The highest BCUT2D eigenvalue weighted by Gasteiger charge is 2.30. The van der Waals surface area contributed by atoms with Gasteiger partial charge in [-0.05, 0) is 12.1 Å².